The monoisotopic (exact) mass is 499 g/mol. The molecule has 0 fully saturated rings. The van der Waals surface area contributed by atoms with Gasteiger partial charge in [-0.2, -0.15) is 11.8 Å². The summed E-state index contributed by atoms with van der Waals surface area (Å²) in [5.74, 6) is 1.06. The second-order valence-corrected chi connectivity index (χ2v) is 9.78. The Balaban J connectivity index is 1.80. The van der Waals surface area contributed by atoms with E-state index in [9.17, 15) is 14.4 Å². The van der Waals surface area contributed by atoms with Gasteiger partial charge in [0, 0.05) is 6.07 Å². The van der Waals surface area contributed by atoms with Crippen molar-refractivity contribution in [2.45, 2.75) is 45.8 Å². The van der Waals surface area contributed by atoms with E-state index in [4.69, 9.17) is 18.6 Å². The predicted octanol–water partition coefficient (Wildman–Crippen LogP) is 5.45. The van der Waals surface area contributed by atoms with Gasteiger partial charge < -0.3 is 23.9 Å². The zero-order valence-electron chi connectivity index (χ0n) is 20.4. The van der Waals surface area contributed by atoms with Crippen LogP contribution in [0.25, 0.3) is 11.0 Å². The lowest BCUT2D eigenvalue weighted by Crippen LogP contribution is -2.45. The van der Waals surface area contributed by atoms with E-state index in [1.807, 2.05) is 12.3 Å². The molecule has 1 N–H and O–H groups in total. The maximum atomic E-state index is 13.0. The maximum absolute atomic E-state index is 13.0. The van der Waals surface area contributed by atoms with Gasteiger partial charge in [0.05, 0.1) is 5.39 Å². The minimum Gasteiger partial charge on any atom is -0.457 e. The average Bonchev–Trinajstić information content (AvgIpc) is 2.78. The van der Waals surface area contributed by atoms with Gasteiger partial charge in [0.1, 0.15) is 34.5 Å². The van der Waals surface area contributed by atoms with Crippen LogP contribution in [0.3, 0.4) is 0 Å². The first-order valence-corrected chi connectivity index (χ1v) is 12.5. The van der Waals surface area contributed by atoms with Crippen molar-refractivity contribution in [3.63, 3.8) is 0 Å². The number of carbonyl (C=O) groups excluding carboxylic acids is 2. The lowest BCUT2D eigenvalue weighted by Gasteiger charge is -2.22. The van der Waals surface area contributed by atoms with E-state index in [2.05, 4.69) is 5.32 Å². The van der Waals surface area contributed by atoms with Gasteiger partial charge in [0.2, 0.25) is 11.2 Å². The van der Waals surface area contributed by atoms with E-state index in [1.165, 1.54) is 30.0 Å². The number of hydrogen-bond acceptors (Lipinski definition) is 8. The van der Waals surface area contributed by atoms with Gasteiger partial charge in [-0.05, 0) is 70.4 Å². The molecule has 35 heavy (non-hydrogen) atoms. The number of fused-ring (bicyclic) bond motifs is 1. The smallest absolute Gasteiger partial charge is 0.408 e. The molecule has 0 bridgehead atoms. The summed E-state index contributed by atoms with van der Waals surface area (Å²) in [5, 5.41) is 2.86. The Hall–Kier alpha value is -3.46. The van der Waals surface area contributed by atoms with Crippen LogP contribution in [0.15, 0.2) is 57.7 Å². The lowest BCUT2D eigenvalue weighted by molar-refractivity contribution is -0.136. The van der Waals surface area contributed by atoms with Crippen LogP contribution in [-0.4, -0.2) is 35.7 Å². The number of aryl methyl sites for hydroxylation is 1. The molecule has 2 aromatic carbocycles. The Bertz CT molecular complexity index is 1250. The van der Waals surface area contributed by atoms with E-state index < -0.39 is 23.7 Å². The van der Waals surface area contributed by atoms with Crippen molar-refractivity contribution in [2.75, 3.05) is 12.0 Å². The normalized spacial score (nSPS) is 12.1. The molecule has 0 unspecified atom stereocenters. The molecule has 0 aliphatic carbocycles. The minimum atomic E-state index is -0.900. The zero-order chi connectivity index (χ0) is 25.6. The van der Waals surface area contributed by atoms with Gasteiger partial charge in [-0.15, -0.1) is 0 Å². The van der Waals surface area contributed by atoms with E-state index >= 15 is 0 Å². The highest BCUT2D eigenvalue weighted by Crippen LogP contribution is 2.27. The summed E-state index contributed by atoms with van der Waals surface area (Å²) < 4.78 is 22.3. The van der Waals surface area contributed by atoms with Crippen LogP contribution in [0, 0.1) is 6.92 Å². The van der Waals surface area contributed by atoms with Crippen molar-refractivity contribution >= 4 is 34.8 Å². The standard InChI is InChI=1S/C26H29NO7S/c1-16-23(32-17-9-7-6-8-10-17)22(28)19-12-11-18(15-21(19)31-16)33-24(29)20(13-14-35-5)27-25(30)34-26(2,3)4/h6-12,15,20H,13-14H2,1-5H3,(H,27,30)/t20-/m1/s1. The van der Waals surface area contributed by atoms with Gasteiger partial charge in [0.25, 0.3) is 0 Å². The number of amides is 1. The van der Waals surface area contributed by atoms with Crippen molar-refractivity contribution in [3.05, 3.63) is 64.5 Å². The quantitative estimate of drug-likeness (QED) is 0.322. The van der Waals surface area contributed by atoms with Crippen LogP contribution < -0.4 is 20.2 Å². The Morgan fingerprint density at radius 1 is 1.09 bits per heavy atom. The largest absolute Gasteiger partial charge is 0.457 e. The maximum Gasteiger partial charge on any atom is 0.408 e. The van der Waals surface area contributed by atoms with Gasteiger partial charge in [-0.3, -0.25) is 4.79 Å². The molecule has 186 valence electrons. The second-order valence-electron chi connectivity index (χ2n) is 8.79. The first-order chi connectivity index (χ1) is 16.6. The molecule has 1 heterocycles. The van der Waals surface area contributed by atoms with Gasteiger partial charge in [-0.25, -0.2) is 9.59 Å². The molecule has 1 atom stereocenters. The summed E-state index contributed by atoms with van der Waals surface area (Å²) in [5.41, 5.74) is -0.789. The molecule has 1 aromatic heterocycles. The SMILES string of the molecule is CSCC[C@@H](NC(=O)OC(C)(C)C)C(=O)Oc1ccc2c(=O)c(Oc3ccccc3)c(C)oc2c1. The number of rotatable bonds is 8. The van der Waals surface area contributed by atoms with E-state index in [0.717, 1.165) is 0 Å². The number of nitrogens with one attached hydrogen (secondary N) is 1. The third-order valence-electron chi connectivity index (χ3n) is 4.75. The highest BCUT2D eigenvalue weighted by molar-refractivity contribution is 7.98. The highest BCUT2D eigenvalue weighted by atomic mass is 32.2. The Labute approximate surface area is 207 Å². The lowest BCUT2D eigenvalue weighted by atomic mass is 10.2. The van der Waals surface area contributed by atoms with Crippen molar-refractivity contribution < 1.29 is 28.2 Å². The molecule has 3 aromatic rings. The predicted molar refractivity (Wildman–Crippen MR) is 136 cm³/mol. The number of thioether (sulfide) groups is 1. The third-order valence-corrected chi connectivity index (χ3v) is 5.40. The third kappa shape index (κ3) is 7.26. The van der Waals surface area contributed by atoms with Crippen LogP contribution in [0.1, 0.15) is 33.0 Å². The highest BCUT2D eigenvalue weighted by Gasteiger charge is 2.26. The fourth-order valence-corrected chi connectivity index (χ4v) is 3.65. The summed E-state index contributed by atoms with van der Waals surface area (Å²) in [7, 11) is 0. The number of carbonyl (C=O) groups is 2. The van der Waals surface area contributed by atoms with Crippen LogP contribution >= 0.6 is 11.8 Å². The molecule has 1 amide bonds. The Kier molecular flexibility index (Phi) is 8.45. The van der Waals surface area contributed by atoms with Gasteiger partial charge in [-0.1, -0.05) is 18.2 Å². The minimum absolute atomic E-state index is 0.0899. The molecule has 0 saturated heterocycles. The molecule has 3 rings (SSSR count). The molecular weight excluding hydrogens is 470 g/mol. The van der Waals surface area contributed by atoms with Crippen molar-refractivity contribution in [2.24, 2.45) is 0 Å². The molecule has 0 aliphatic rings. The molecule has 0 radical (unpaired) electrons. The number of esters is 1. The number of alkyl carbamates (subject to hydrolysis) is 1. The summed E-state index contributed by atoms with van der Waals surface area (Å²) in [4.78, 5) is 38.0. The Morgan fingerprint density at radius 3 is 2.46 bits per heavy atom. The molecule has 0 aliphatic heterocycles. The molecule has 0 spiro atoms. The second kappa shape index (κ2) is 11.3. The summed E-state index contributed by atoms with van der Waals surface area (Å²) in [6, 6.07) is 12.5. The number of para-hydroxylation sites is 1. The summed E-state index contributed by atoms with van der Waals surface area (Å²) >= 11 is 1.54. The number of ether oxygens (including phenoxy) is 3. The van der Waals surface area contributed by atoms with Crippen LogP contribution in [0.2, 0.25) is 0 Å². The van der Waals surface area contributed by atoms with Crippen molar-refractivity contribution in [3.8, 4) is 17.2 Å². The molecule has 8 nitrogen and oxygen atoms in total. The van der Waals surface area contributed by atoms with Crippen molar-refractivity contribution in [1.29, 1.82) is 0 Å². The Morgan fingerprint density at radius 2 is 1.80 bits per heavy atom. The molecular formula is C26H29NO7S. The fourth-order valence-electron chi connectivity index (χ4n) is 3.18. The zero-order valence-corrected chi connectivity index (χ0v) is 21.2. The first-order valence-electron chi connectivity index (χ1n) is 11.1. The fraction of sp³-hybridized carbons (Fsp3) is 0.346. The number of hydrogen-bond donors (Lipinski definition) is 1. The van der Waals surface area contributed by atoms with Gasteiger partial charge in [0.15, 0.2) is 0 Å². The summed E-state index contributed by atoms with van der Waals surface area (Å²) in [6.07, 6.45) is 1.56. The van der Waals surface area contributed by atoms with Gasteiger partial charge >= 0.3 is 12.1 Å². The van der Waals surface area contributed by atoms with Crippen LogP contribution in [-0.2, 0) is 9.53 Å². The van der Waals surface area contributed by atoms with Crippen LogP contribution in [0.4, 0.5) is 4.79 Å². The van der Waals surface area contributed by atoms with E-state index in [0.29, 0.717) is 23.7 Å². The number of benzene rings is 2. The summed E-state index contributed by atoms with van der Waals surface area (Å²) in [6.45, 7) is 6.84. The average molecular weight is 500 g/mol. The molecule has 0 saturated carbocycles. The molecule has 9 heteroatoms. The van der Waals surface area contributed by atoms with Crippen LogP contribution in [0.5, 0.6) is 17.2 Å². The van der Waals surface area contributed by atoms with Crippen molar-refractivity contribution in [1.82, 2.24) is 5.32 Å². The van der Waals surface area contributed by atoms with E-state index in [1.54, 1.807) is 52.0 Å². The topological polar surface area (TPSA) is 104 Å². The first kappa shape index (κ1) is 26.2. The van der Waals surface area contributed by atoms with E-state index in [-0.39, 0.29) is 27.9 Å².